The van der Waals surface area contributed by atoms with E-state index in [1.807, 2.05) is 0 Å². The van der Waals surface area contributed by atoms with Crippen molar-refractivity contribution < 1.29 is 0 Å². The molecule has 2 rings (SSSR count). The van der Waals surface area contributed by atoms with Gasteiger partial charge in [-0.2, -0.15) is 11.3 Å². The maximum atomic E-state index is 3.55. The molecule has 3 heteroatoms. The zero-order chi connectivity index (χ0) is 11.2. The Morgan fingerprint density at radius 2 is 2.25 bits per heavy atom. The zero-order valence-electron chi connectivity index (χ0n) is 10.1. The average Bonchev–Trinajstić information content (AvgIpc) is 2.82. The van der Waals surface area contributed by atoms with E-state index >= 15 is 0 Å². The number of rotatable bonds is 5. The van der Waals surface area contributed by atoms with Crippen molar-refractivity contribution in [2.45, 2.75) is 32.2 Å². The standard InChI is InChI=1S/C13H22N2S/c1-2-14-13-4-8-15(9-5-13)7-3-12-6-10-16-11-12/h6,10-11,13-14H,2-5,7-9H2,1H3. The minimum Gasteiger partial charge on any atom is -0.314 e. The number of piperidine rings is 1. The fourth-order valence-corrected chi connectivity index (χ4v) is 3.07. The maximum absolute atomic E-state index is 3.55. The molecule has 1 fully saturated rings. The summed E-state index contributed by atoms with van der Waals surface area (Å²) < 4.78 is 0. The van der Waals surface area contributed by atoms with E-state index in [1.54, 1.807) is 11.3 Å². The van der Waals surface area contributed by atoms with Gasteiger partial charge in [-0.25, -0.2) is 0 Å². The van der Waals surface area contributed by atoms with Crippen LogP contribution in [0.2, 0.25) is 0 Å². The number of likely N-dealkylation sites (tertiary alicyclic amines) is 1. The highest BCUT2D eigenvalue weighted by Gasteiger charge is 2.17. The summed E-state index contributed by atoms with van der Waals surface area (Å²) in [6.45, 7) is 7.07. The SMILES string of the molecule is CCNC1CCN(CCc2ccsc2)CC1. The van der Waals surface area contributed by atoms with Gasteiger partial charge >= 0.3 is 0 Å². The Kier molecular flexibility index (Phi) is 4.82. The molecule has 16 heavy (non-hydrogen) atoms. The summed E-state index contributed by atoms with van der Waals surface area (Å²) in [6, 6.07) is 3.01. The van der Waals surface area contributed by atoms with Crippen molar-refractivity contribution in [1.82, 2.24) is 10.2 Å². The number of thiophene rings is 1. The monoisotopic (exact) mass is 238 g/mol. The first-order chi connectivity index (χ1) is 7.88. The Labute approximate surface area is 103 Å². The van der Waals surface area contributed by atoms with Crippen LogP contribution in [0, 0.1) is 0 Å². The molecule has 1 aliphatic rings. The fraction of sp³-hybridized carbons (Fsp3) is 0.692. The third-order valence-electron chi connectivity index (χ3n) is 3.38. The van der Waals surface area contributed by atoms with Gasteiger partial charge < -0.3 is 10.2 Å². The highest BCUT2D eigenvalue weighted by atomic mass is 32.1. The number of hydrogen-bond acceptors (Lipinski definition) is 3. The molecule has 1 saturated heterocycles. The van der Waals surface area contributed by atoms with Gasteiger partial charge in [0.1, 0.15) is 0 Å². The topological polar surface area (TPSA) is 15.3 Å². The van der Waals surface area contributed by atoms with Crippen molar-refractivity contribution in [3.63, 3.8) is 0 Å². The molecule has 0 atom stereocenters. The Morgan fingerprint density at radius 1 is 1.44 bits per heavy atom. The molecule has 0 amide bonds. The predicted octanol–water partition coefficient (Wildman–Crippen LogP) is 2.36. The van der Waals surface area contributed by atoms with Gasteiger partial charge in [-0.05, 0) is 61.3 Å². The molecule has 0 saturated carbocycles. The molecule has 0 spiro atoms. The van der Waals surface area contributed by atoms with Crippen LogP contribution >= 0.6 is 11.3 Å². The first kappa shape index (κ1) is 12.1. The highest BCUT2D eigenvalue weighted by Crippen LogP contribution is 2.12. The van der Waals surface area contributed by atoms with Gasteiger partial charge in [0, 0.05) is 12.6 Å². The first-order valence-corrected chi connectivity index (χ1v) is 7.29. The lowest BCUT2D eigenvalue weighted by atomic mass is 10.0. The molecule has 90 valence electrons. The van der Waals surface area contributed by atoms with Gasteiger partial charge in [0.05, 0.1) is 0 Å². The summed E-state index contributed by atoms with van der Waals surface area (Å²) in [5.74, 6) is 0. The summed E-state index contributed by atoms with van der Waals surface area (Å²) in [5.41, 5.74) is 1.50. The van der Waals surface area contributed by atoms with Crippen LogP contribution in [-0.4, -0.2) is 37.1 Å². The van der Waals surface area contributed by atoms with Crippen LogP contribution in [0.15, 0.2) is 16.8 Å². The van der Waals surface area contributed by atoms with Crippen LogP contribution in [0.5, 0.6) is 0 Å². The van der Waals surface area contributed by atoms with Crippen LogP contribution in [0.25, 0.3) is 0 Å². The summed E-state index contributed by atoms with van der Waals surface area (Å²) in [6.07, 6.45) is 3.85. The second-order valence-electron chi connectivity index (χ2n) is 4.56. The summed E-state index contributed by atoms with van der Waals surface area (Å²) in [7, 11) is 0. The van der Waals surface area contributed by atoms with Gasteiger partial charge in [-0.15, -0.1) is 0 Å². The van der Waals surface area contributed by atoms with Crippen molar-refractivity contribution >= 4 is 11.3 Å². The van der Waals surface area contributed by atoms with Crippen molar-refractivity contribution in [1.29, 1.82) is 0 Å². The van der Waals surface area contributed by atoms with Crippen LogP contribution in [0.1, 0.15) is 25.3 Å². The van der Waals surface area contributed by atoms with E-state index in [0.29, 0.717) is 0 Å². The van der Waals surface area contributed by atoms with Crippen molar-refractivity contribution in [2.24, 2.45) is 0 Å². The molecule has 1 aromatic heterocycles. The smallest absolute Gasteiger partial charge is 0.00912 e. The predicted molar refractivity (Wildman–Crippen MR) is 71.2 cm³/mol. The third kappa shape index (κ3) is 3.58. The molecule has 0 bridgehead atoms. The number of hydrogen-bond donors (Lipinski definition) is 1. The molecule has 0 aromatic carbocycles. The van der Waals surface area contributed by atoms with E-state index in [4.69, 9.17) is 0 Å². The molecule has 2 nitrogen and oxygen atoms in total. The minimum absolute atomic E-state index is 0.766. The first-order valence-electron chi connectivity index (χ1n) is 6.35. The number of nitrogens with one attached hydrogen (secondary N) is 1. The Morgan fingerprint density at radius 3 is 2.88 bits per heavy atom. The lowest BCUT2D eigenvalue weighted by molar-refractivity contribution is 0.201. The lowest BCUT2D eigenvalue weighted by Crippen LogP contribution is -2.42. The highest BCUT2D eigenvalue weighted by molar-refractivity contribution is 7.07. The summed E-state index contributed by atoms with van der Waals surface area (Å²) in [5, 5.41) is 7.99. The normalized spacial score (nSPS) is 19.1. The molecular formula is C13H22N2S. The van der Waals surface area contributed by atoms with Crippen LogP contribution < -0.4 is 5.32 Å². The second kappa shape index (κ2) is 6.38. The van der Waals surface area contributed by atoms with E-state index in [-0.39, 0.29) is 0 Å². The van der Waals surface area contributed by atoms with Gasteiger partial charge in [-0.1, -0.05) is 6.92 Å². The van der Waals surface area contributed by atoms with Crippen molar-refractivity contribution in [2.75, 3.05) is 26.2 Å². The average molecular weight is 238 g/mol. The van der Waals surface area contributed by atoms with Crippen molar-refractivity contribution in [3.05, 3.63) is 22.4 Å². The minimum atomic E-state index is 0.766. The molecule has 0 unspecified atom stereocenters. The largest absolute Gasteiger partial charge is 0.314 e. The van der Waals surface area contributed by atoms with Gasteiger partial charge in [-0.3, -0.25) is 0 Å². The van der Waals surface area contributed by atoms with Crippen LogP contribution in [0.3, 0.4) is 0 Å². The summed E-state index contributed by atoms with van der Waals surface area (Å²) in [4.78, 5) is 2.60. The molecule has 2 heterocycles. The maximum Gasteiger partial charge on any atom is 0.00912 e. The molecule has 0 radical (unpaired) electrons. The van der Waals surface area contributed by atoms with Crippen molar-refractivity contribution in [3.8, 4) is 0 Å². The van der Waals surface area contributed by atoms with Gasteiger partial charge in [0.2, 0.25) is 0 Å². The number of nitrogens with zero attached hydrogens (tertiary/aromatic N) is 1. The fourth-order valence-electron chi connectivity index (χ4n) is 2.37. The molecule has 1 aliphatic heterocycles. The third-order valence-corrected chi connectivity index (χ3v) is 4.11. The van der Waals surface area contributed by atoms with Crippen LogP contribution in [-0.2, 0) is 6.42 Å². The van der Waals surface area contributed by atoms with E-state index in [2.05, 4.69) is 34.0 Å². The van der Waals surface area contributed by atoms with E-state index in [0.717, 1.165) is 12.6 Å². The second-order valence-corrected chi connectivity index (χ2v) is 5.34. The van der Waals surface area contributed by atoms with E-state index in [9.17, 15) is 0 Å². The lowest BCUT2D eigenvalue weighted by Gasteiger charge is -2.32. The van der Waals surface area contributed by atoms with Crippen LogP contribution in [0.4, 0.5) is 0 Å². The molecule has 1 aromatic rings. The molecule has 0 aliphatic carbocycles. The molecular weight excluding hydrogens is 216 g/mol. The Balaban J connectivity index is 1.65. The quantitative estimate of drug-likeness (QED) is 0.847. The zero-order valence-corrected chi connectivity index (χ0v) is 10.9. The molecule has 1 N–H and O–H groups in total. The van der Waals surface area contributed by atoms with Gasteiger partial charge in [0.15, 0.2) is 0 Å². The van der Waals surface area contributed by atoms with E-state index in [1.165, 1.54) is 44.5 Å². The van der Waals surface area contributed by atoms with E-state index < -0.39 is 0 Å². The Hall–Kier alpha value is -0.380. The Bertz CT molecular complexity index is 276. The summed E-state index contributed by atoms with van der Waals surface area (Å²) >= 11 is 1.80. The van der Waals surface area contributed by atoms with Gasteiger partial charge in [0.25, 0.3) is 0 Å².